The first kappa shape index (κ1) is 16.0. The number of hydrogen-bond acceptors (Lipinski definition) is 6. The molecular formula is C11H9Cl2NO6S. The minimum atomic E-state index is -4.34. The number of carbonyl (C=O) groups is 1. The first-order valence-corrected chi connectivity index (χ1v) is 8.48. The van der Waals surface area contributed by atoms with E-state index in [1.54, 1.807) is 0 Å². The fourth-order valence-corrected chi connectivity index (χ4v) is 3.13. The second kappa shape index (κ2) is 5.78. The van der Waals surface area contributed by atoms with E-state index in [-0.39, 0.29) is 12.5 Å². The third-order valence-electron chi connectivity index (χ3n) is 2.86. The molecule has 1 aromatic rings. The lowest BCUT2D eigenvalue weighted by atomic mass is 10.2. The lowest BCUT2D eigenvalue weighted by molar-refractivity contribution is -0.385. The van der Waals surface area contributed by atoms with Crippen LogP contribution in [0.4, 0.5) is 5.69 Å². The molecule has 114 valence electrons. The minimum absolute atomic E-state index is 0.167. The van der Waals surface area contributed by atoms with Gasteiger partial charge in [-0.15, -0.1) is 0 Å². The molecule has 0 amide bonds. The van der Waals surface area contributed by atoms with E-state index in [0.29, 0.717) is 6.07 Å². The molecule has 0 unspecified atom stereocenters. The van der Waals surface area contributed by atoms with Crippen LogP contribution in [0.15, 0.2) is 17.0 Å². The lowest BCUT2D eigenvalue weighted by Crippen LogP contribution is -2.10. The van der Waals surface area contributed by atoms with Gasteiger partial charge in [0.2, 0.25) is 0 Å². The second-order valence-corrected chi connectivity index (χ2v) is 7.45. The summed E-state index contributed by atoms with van der Waals surface area (Å²) in [6, 6.07) is 1.56. The third-order valence-corrected chi connectivity index (χ3v) is 4.73. The maximum Gasteiger partial charge on any atom is 0.339 e. The number of nitro benzene ring substituents is 1. The van der Waals surface area contributed by atoms with E-state index in [2.05, 4.69) is 0 Å². The Morgan fingerprint density at radius 3 is 2.52 bits per heavy atom. The molecule has 1 aliphatic rings. The Bertz CT molecular complexity index is 714. The molecule has 21 heavy (non-hydrogen) atoms. The fourth-order valence-electron chi connectivity index (χ4n) is 1.57. The highest BCUT2D eigenvalue weighted by atomic mass is 35.7. The van der Waals surface area contributed by atoms with Gasteiger partial charge in [-0.3, -0.25) is 10.1 Å². The van der Waals surface area contributed by atoms with E-state index in [0.717, 1.165) is 18.9 Å². The lowest BCUT2D eigenvalue weighted by Gasteiger charge is -2.08. The van der Waals surface area contributed by atoms with E-state index in [1.807, 2.05) is 0 Å². The van der Waals surface area contributed by atoms with Crippen LogP contribution < -0.4 is 0 Å². The predicted octanol–water partition coefficient (Wildman–Crippen LogP) is 2.74. The van der Waals surface area contributed by atoms with Crippen molar-refractivity contribution in [3.05, 3.63) is 32.8 Å². The number of nitro groups is 1. The SMILES string of the molecule is O=C(OCC1CC1)c1cc([N+](=O)[O-])cc(S(=O)(=O)Cl)c1Cl. The molecule has 1 aliphatic carbocycles. The summed E-state index contributed by atoms with van der Waals surface area (Å²) < 4.78 is 27.7. The molecule has 0 heterocycles. The second-order valence-electron chi connectivity index (χ2n) is 4.54. The van der Waals surface area contributed by atoms with Gasteiger partial charge in [0, 0.05) is 22.8 Å². The molecule has 0 saturated heterocycles. The number of hydrogen-bond donors (Lipinski definition) is 0. The van der Waals surface area contributed by atoms with Gasteiger partial charge in [0.05, 0.1) is 22.1 Å². The molecule has 0 atom stereocenters. The molecule has 0 bridgehead atoms. The summed E-state index contributed by atoms with van der Waals surface area (Å²) in [5.41, 5.74) is -1.01. The van der Waals surface area contributed by atoms with Gasteiger partial charge >= 0.3 is 5.97 Å². The van der Waals surface area contributed by atoms with Gasteiger partial charge in [-0.25, -0.2) is 13.2 Å². The van der Waals surface area contributed by atoms with Gasteiger partial charge in [-0.05, 0) is 18.8 Å². The summed E-state index contributed by atoms with van der Waals surface area (Å²) in [4.78, 5) is 21.2. The first-order valence-electron chi connectivity index (χ1n) is 5.80. The van der Waals surface area contributed by atoms with Crippen LogP contribution >= 0.6 is 22.3 Å². The number of non-ortho nitro benzene ring substituents is 1. The average molecular weight is 354 g/mol. The first-order chi connectivity index (χ1) is 9.70. The smallest absolute Gasteiger partial charge is 0.339 e. The highest BCUT2D eigenvalue weighted by Crippen LogP contribution is 2.34. The fraction of sp³-hybridized carbons (Fsp3) is 0.364. The molecule has 7 nitrogen and oxygen atoms in total. The summed E-state index contributed by atoms with van der Waals surface area (Å²) >= 11 is 5.81. The Morgan fingerprint density at radius 2 is 2.05 bits per heavy atom. The number of ether oxygens (including phenoxy) is 1. The van der Waals surface area contributed by atoms with E-state index >= 15 is 0 Å². The Hall–Kier alpha value is -1.38. The number of nitrogens with zero attached hydrogens (tertiary/aromatic N) is 1. The van der Waals surface area contributed by atoms with Crippen LogP contribution in [-0.2, 0) is 13.8 Å². The van der Waals surface area contributed by atoms with Crippen molar-refractivity contribution < 1.29 is 22.9 Å². The van der Waals surface area contributed by atoms with Crippen LogP contribution in [-0.4, -0.2) is 25.9 Å². The number of benzene rings is 1. The van der Waals surface area contributed by atoms with Crippen molar-refractivity contribution in [2.45, 2.75) is 17.7 Å². The van der Waals surface area contributed by atoms with E-state index in [9.17, 15) is 23.3 Å². The van der Waals surface area contributed by atoms with E-state index in [4.69, 9.17) is 27.0 Å². The van der Waals surface area contributed by atoms with Crippen LogP contribution in [0.5, 0.6) is 0 Å². The van der Waals surface area contributed by atoms with Gasteiger partial charge in [0.1, 0.15) is 4.90 Å². The molecule has 0 spiro atoms. The van der Waals surface area contributed by atoms with Crippen molar-refractivity contribution >= 4 is 43.0 Å². The van der Waals surface area contributed by atoms with Crippen LogP contribution in [0.1, 0.15) is 23.2 Å². The Labute approximate surface area is 129 Å². The van der Waals surface area contributed by atoms with Crippen LogP contribution in [0.3, 0.4) is 0 Å². The molecule has 10 heteroatoms. The molecule has 0 radical (unpaired) electrons. The number of esters is 1. The monoisotopic (exact) mass is 353 g/mol. The van der Waals surface area contributed by atoms with Gasteiger partial charge in [0.25, 0.3) is 14.7 Å². The van der Waals surface area contributed by atoms with Crippen molar-refractivity contribution in [3.8, 4) is 0 Å². The van der Waals surface area contributed by atoms with Crippen molar-refractivity contribution in [1.82, 2.24) is 0 Å². The summed E-state index contributed by atoms with van der Waals surface area (Å²) in [6.07, 6.45) is 1.88. The third kappa shape index (κ3) is 3.84. The van der Waals surface area contributed by atoms with Gasteiger partial charge < -0.3 is 4.74 Å². The zero-order chi connectivity index (χ0) is 15.8. The van der Waals surface area contributed by atoms with Gasteiger partial charge in [-0.2, -0.15) is 0 Å². The Morgan fingerprint density at radius 1 is 1.43 bits per heavy atom. The minimum Gasteiger partial charge on any atom is -0.462 e. The highest BCUT2D eigenvalue weighted by molar-refractivity contribution is 8.13. The number of halogens is 2. The van der Waals surface area contributed by atoms with Crippen molar-refractivity contribution in [1.29, 1.82) is 0 Å². The predicted molar refractivity (Wildman–Crippen MR) is 74.2 cm³/mol. The molecule has 0 N–H and O–H groups in total. The summed E-state index contributed by atoms with van der Waals surface area (Å²) in [5, 5.41) is 10.3. The quantitative estimate of drug-likeness (QED) is 0.349. The van der Waals surface area contributed by atoms with Gasteiger partial charge in [-0.1, -0.05) is 11.6 Å². The average Bonchev–Trinajstić information content (AvgIpc) is 3.18. The molecule has 0 aromatic heterocycles. The maximum atomic E-state index is 11.9. The molecule has 1 aromatic carbocycles. The highest BCUT2D eigenvalue weighted by Gasteiger charge is 2.28. The normalized spacial score (nSPS) is 14.8. The molecule has 1 saturated carbocycles. The largest absolute Gasteiger partial charge is 0.462 e. The maximum absolute atomic E-state index is 11.9. The zero-order valence-electron chi connectivity index (χ0n) is 10.4. The number of rotatable bonds is 5. The zero-order valence-corrected chi connectivity index (χ0v) is 12.7. The number of carbonyl (C=O) groups excluding carboxylic acids is 1. The van der Waals surface area contributed by atoms with E-state index < -0.39 is 41.1 Å². The van der Waals surface area contributed by atoms with Crippen molar-refractivity contribution in [2.75, 3.05) is 6.61 Å². The van der Waals surface area contributed by atoms with Gasteiger partial charge in [0.15, 0.2) is 0 Å². The van der Waals surface area contributed by atoms with Crippen molar-refractivity contribution in [3.63, 3.8) is 0 Å². The van der Waals surface area contributed by atoms with Crippen LogP contribution in [0.2, 0.25) is 5.02 Å². The summed E-state index contributed by atoms with van der Waals surface area (Å²) in [7, 11) is 0.831. The topological polar surface area (TPSA) is 104 Å². The van der Waals surface area contributed by atoms with Crippen LogP contribution in [0, 0.1) is 16.0 Å². The van der Waals surface area contributed by atoms with E-state index in [1.165, 1.54) is 0 Å². The summed E-state index contributed by atoms with van der Waals surface area (Å²) in [5.74, 6) is -0.639. The summed E-state index contributed by atoms with van der Waals surface area (Å²) in [6.45, 7) is 0.167. The molecular weight excluding hydrogens is 345 g/mol. The standard InChI is InChI=1S/C11H9Cl2NO6S/c12-10-8(11(15)20-5-6-1-2-6)3-7(14(16)17)4-9(10)21(13,18)19/h3-4,6H,1-2,5H2. The molecule has 1 fully saturated rings. The molecule has 0 aliphatic heterocycles. The van der Waals surface area contributed by atoms with Crippen molar-refractivity contribution in [2.24, 2.45) is 5.92 Å². The Balaban J connectivity index is 2.44. The van der Waals surface area contributed by atoms with Crippen LogP contribution in [0.25, 0.3) is 0 Å². The molecule has 2 rings (SSSR count). The Kier molecular flexibility index (Phi) is 4.40.